The van der Waals surface area contributed by atoms with Crippen molar-refractivity contribution in [1.82, 2.24) is 0 Å². The summed E-state index contributed by atoms with van der Waals surface area (Å²) in [4.78, 5) is -1.45. The van der Waals surface area contributed by atoms with E-state index in [1.807, 2.05) is 26.8 Å². The first-order valence-corrected chi connectivity index (χ1v) is 8.65. The second-order valence-electron chi connectivity index (χ2n) is 6.64. The van der Waals surface area contributed by atoms with Crippen LogP contribution in [0.1, 0.15) is 45.6 Å². The molecule has 2 atom stereocenters. The van der Waals surface area contributed by atoms with Crippen molar-refractivity contribution >= 4 is 9.84 Å². The Morgan fingerprint density at radius 3 is 2.40 bits per heavy atom. The highest BCUT2D eigenvalue weighted by Gasteiger charge is 2.59. The average Bonchev–Trinajstić information content (AvgIpc) is 2.35. The van der Waals surface area contributed by atoms with Crippen LogP contribution < -0.4 is 0 Å². The van der Waals surface area contributed by atoms with Gasteiger partial charge in [-0.15, -0.1) is 0 Å². The minimum Gasteiger partial charge on any atom is -0.373 e. The molecule has 20 heavy (non-hydrogen) atoms. The Balaban J connectivity index is 2.66. The highest BCUT2D eigenvalue weighted by atomic mass is 32.2. The molecule has 1 saturated carbocycles. The summed E-state index contributed by atoms with van der Waals surface area (Å²) < 4.78 is 26.2. The van der Waals surface area contributed by atoms with Gasteiger partial charge in [0.05, 0.1) is 4.90 Å². The van der Waals surface area contributed by atoms with Gasteiger partial charge in [-0.3, -0.25) is 0 Å². The van der Waals surface area contributed by atoms with E-state index in [-0.39, 0.29) is 10.8 Å². The van der Waals surface area contributed by atoms with E-state index in [1.54, 1.807) is 25.1 Å². The second-order valence-corrected chi connectivity index (χ2v) is 8.71. The number of rotatable bonds is 2. The number of hydrogen-bond donors (Lipinski definition) is 1. The summed E-state index contributed by atoms with van der Waals surface area (Å²) >= 11 is 0. The molecule has 0 saturated heterocycles. The number of hydrogen-bond acceptors (Lipinski definition) is 3. The lowest BCUT2D eigenvalue weighted by Gasteiger charge is -2.49. The van der Waals surface area contributed by atoms with E-state index in [1.165, 1.54) is 0 Å². The van der Waals surface area contributed by atoms with Crippen LogP contribution >= 0.6 is 0 Å². The predicted molar refractivity (Wildman–Crippen MR) is 80.1 cm³/mol. The van der Waals surface area contributed by atoms with Crippen LogP contribution in [0.25, 0.3) is 0 Å². The lowest BCUT2D eigenvalue weighted by Crippen LogP contribution is -2.57. The van der Waals surface area contributed by atoms with Crippen molar-refractivity contribution in [1.29, 1.82) is 0 Å². The molecule has 0 aromatic heterocycles. The molecule has 0 radical (unpaired) electrons. The number of aliphatic hydroxyl groups is 1. The molecule has 112 valence electrons. The second kappa shape index (κ2) is 4.85. The van der Waals surface area contributed by atoms with E-state index < -0.39 is 20.2 Å². The topological polar surface area (TPSA) is 54.4 Å². The average molecular weight is 296 g/mol. The Bertz CT molecular complexity index is 604. The summed E-state index contributed by atoms with van der Waals surface area (Å²) in [5.41, 5.74) is 0.0423. The smallest absolute Gasteiger partial charge is 0.208 e. The molecule has 3 nitrogen and oxygen atoms in total. The quantitative estimate of drug-likeness (QED) is 0.911. The molecule has 1 aliphatic carbocycles. The minimum absolute atomic E-state index is 0.254. The molecule has 1 N–H and O–H groups in total. The van der Waals surface area contributed by atoms with Gasteiger partial charge in [0.15, 0.2) is 4.93 Å². The fourth-order valence-electron chi connectivity index (χ4n) is 3.55. The molecule has 0 spiro atoms. The van der Waals surface area contributed by atoms with Gasteiger partial charge in [0.25, 0.3) is 0 Å². The third-order valence-corrected chi connectivity index (χ3v) is 7.68. The lowest BCUT2D eigenvalue weighted by molar-refractivity contribution is -0.0650. The maximum Gasteiger partial charge on any atom is 0.208 e. The normalized spacial score (nSPS) is 30.1. The van der Waals surface area contributed by atoms with Crippen LogP contribution in [0.3, 0.4) is 0 Å². The van der Waals surface area contributed by atoms with E-state index in [9.17, 15) is 13.5 Å². The molecule has 1 aromatic rings. The van der Waals surface area contributed by atoms with Crippen molar-refractivity contribution in [2.24, 2.45) is 11.3 Å². The van der Waals surface area contributed by atoms with Gasteiger partial charge in [-0.25, -0.2) is 8.42 Å². The number of aryl methyl sites for hydroxylation is 1. The van der Waals surface area contributed by atoms with Crippen molar-refractivity contribution in [3.8, 4) is 0 Å². The molecule has 0 bridgehead atoms. The van der Waals surface area contributed by atoms with Gasteiger partial charge in [0, 0.05) is 11.3 Å². The molecular weight excluding hydrogens is 272 g/mol. The van der Waals surface area contributed by atoms with Crippen molar-refractivity contribution in [2.45, 2.75) is 56.8 Å². The van der Waals surface area contributed by atoms with Crippen LogP contribution in [0, 0.1) is 18.3 Å². The molecule has 1 fully saturated rings. The zero-order valence-corrected chi connectivity index (χ0v) is 13.5. The summed E-state index contributed by atoms with van der Waals surface area (Å²) in [6.07, 6.45) is 2.42. The van der Waals surface area contributed by atoms with Gasteiger partial charge in [-0.05, 0) is 31.4 Å². The number of sulfone groups is 1. The molecule has 4 heteroatoms. The van der Waals surface area contributed by atoms with E-state index in [4.69, 9.17) is 0 Å². The molecule has 0 aliphatic heterocycles. The first-order valence-electron chi connectivity index (χ1n) is 7.17. The van der Waals surface area contributed by atoms with Crippen molar-refractivity contribution < 1.29 is 13.5 Å². The third kappa shape index (κ3) is 2.01. The first-order chi connectivity index (χ1) is 9.14. The Kier molecular flexibility index (Phi) is 3.76. The van der Waals surface area contributed by atoms with E-state index in [0.29, 0.717) is 5.56 Å². The fraction of sp³-hybridized carbons (Fsp3) is 0.625. The Hall–Kier alpha value is -0.870. The van der Waals surface area contributed by atoms with Gasteiger partial charge >= 0.3 is 0 Å². The van der Waals surface area contributed by atoms with Crippen molar-refractivity contribution in [2.75, 3.05) is 0 Å². The van der Waals surface area contributed by atoms with Crippen molar-refractivity contribution in [3.63, 3.8) is 0 Å². The predicted octanol–water partition coefficient (Wildman–Crippen LogP) is 3.30. The molecule has 0 amide bonds. The van der Waals surface area contributed by atoms with Gasteiger partial charge in [0.2, 0.25) is 9.84 Å². The monoisotopic (exact) mass is 296 g/mol. The zero-order chi connectivity index (χ0) is 15.2. The van der Waals surface area contributed by atoms with Crippen LogP contribution in [0.5, 0.6) is 0 Å². The Labute approximate surface area is 121 Å². The van der Waals surface area contributed by atoms with E-state index in [2.05, 4.69) is 0 Å². The maximum absolute atomic E-state index is 13.1. The summed E-state index contributed by atoms with van der Waals surface area (Å²) in [7, 11) is -3.79. The molecule has 1 aliphatic rings. The standard InChI is InChI=1S/C16H24O3S/c1-12-8-5-6-10-14(12)20(18,19)16(17)13(2)9-7-11-15(16,3)4/h5-6,8,10,13,17H,7,9,11H2,1-4H3. The van der Waals surface area contributed by atoms with Gasteiger partial charge in [0.1, 0.15) is 0 Å². The largest absolute Gasteiger partial charge is 0.373 e. The van der Waals surface area contributed by atoms with Crippen LogP contribution in [0.15, 0.2) is 29.2 Å². The van der Waals surface area contributed by atoms with Crippen LogP contribution in [-0.2, 0) is 9.84 Å². The Morgan fingerprint density at radius 1 is 1.25 bits per heavy atom. The molecule has 0 heterocycles. The van der Waals surface area contributed by atoms with Crippen LogP contribution in [0.2, 0.25) is 0 Å². The van der Waals surface area contributed by atoms with Gasteiger partial charge < -0.3 is 5.11 Å². The highest BCUT2D eigenvalue weighted by Crippen LogP contribution is 2.52. The van der Waals surface area contributed by atoms with Crippen LogP contribution in [0.4, 0.5) is 0 Å². The Morgan fingerprint density at radius 2 is 1.85 bits per heavy atom. The molecule has 1 aromatic carbocycles. The first kappa shape index (κ1) is 15.5. The minimum atomic E-state index is -3.79. The number of benzene rings is 1. The molecular formula is C16H24O3S. The van der Waals surface area contributed by atoms with Gasteiger partial charge in [-0.1, -0.05) is 45.4 Å². The maximum atomic E-state index is 13.1. The molecule has 2 unspecified atom stereocenters. The van der Waals surface area contributed by atoms with E-state index in [0.717, 1.165) is 19.3 Å². The summed E-state index contributed by atoms with van der Waals surface area (Å²) in [6.45, 7) is 7.34. The summed E-state index contributed by atoms with van der Waals surface area (Å²) in [5.74, 6) is -0.268. The third-order valence-electron chi connectivity index (χ3n) is 4.87. The summed E-state index contributed by atoms with van der Waals surface area (Å²) in [5, 5.41) is 11.2. The fourth-order valence-corrected chi connectivity index (χ4v) is 6.11. The zero-order valence-electron chi connectivity index (χ0n) is 12.7. The molecule has 2 rings (SSSR count). The van der Waals surface area contributed by atoms with Gasteiger partial charge in [-0.2, -0.15) is 0 Å². The summed E-state index contributed by atoms with van der Waals surface area (Å²) in [6, 6.07) is 6.90. The highest BCUT2D eigenvalue weighted by molar-refractivity contribution is 7.92. The SMILES string of the molecule is Cc1ccccc1S(=O)(=O)C1(O)C(C)CCCC1(C)C. The van der Waals surface area contributed by atoms with Crippen LogP contribution in [-0.4, -0.2) is 18.5 Å². The van der Waals surface area contributed by atoms with E-state index >= 15 is 0 Å². The van der Waals surface area contributed by atoms with Crippen molar-refractivity contribution in [3.05, 3.63) is 29.8 Å². The lowest BCUT2D eigenvalue weighted by atomic mass is 9.69.